The number of amides is 5. The Morgan fingerprint density at radius 3 is 1.10 bits per heavy atom. The van der Waals surface area contributed by atoms with Crippen molar-refractivity contribution in [3.05, 3.63) is 358 Å². The van der Waals surface area contributed by atoms with Gasteiger partial charge in [-0.1, -0.05) is 177 Å². The SMILES string of the molecule is CC(=O)C[C@H](NC(=O)C(CC(C)C)N1CCc2ccccc2C1=O)c1cncc(-c2c(C)cccc2C)c1.CC(=O)C[C@H](NC(=O)[C@H](CC(C)C)n1cc(C)c(C)cc1=O)c1cncc(-c2c(C)cccc2C)c1.CC(=O)C[C@H](NC(=O)[C@H](CC(C)C)n1ccccc1=O)c1cccc(-c2ccccc2C)c1.Cc1cc(=O)n([C@@H](CC(C)C)C(=O)N[C@@H](CC(=O)O)c2cncc(-c3c(C)cccc3C)c2)cc1F. The lowest BCUT2D eigenvalue weighted by molar-refractivity contribution is -0.138. The lowest BCUT2D eigenvalue weighted by Gasteiger charge is -2.36. The topological polar surface area (TPSA) is 330 Å². The zero-order valence-electron chi connectivity index (χ0n) is 86.3. The van der Waals surface area contributed by atoms with Gasteiger partial charge in [-0.3, -0.25) is 72.5 Å². The number of rotatable bonds is 36. The number of ketones is 3. The minimum absolute atomic E-state index is 0.0149. The number of pyridine rings is 6. The average Bonchev–Trinajstić information content (AvgIpc) is 0.792. The summed E-state index contributed by atoms with van der Waals surface area (Å²) in [5, 5.41) is 21.6. The highest BCUT2D eigenvalue weighted by Gasteiger charge is 2.38. The average molecular weight is 1940 g/mol. The summed E-state index contributed by atoms with van der Waals surface area (Å²) >= 11 is 0. The molecule has 0 radical (unpaired) electrons. The van der Waals surface area contributed by atoms with Gasteiger partial charge in [-0.25, -0.2) is 4.39 Å². The monoisotopic (exact) mass is 1940 g/mol. The number of aryl methyl sites for hydroxylation is 10. The number of halogens is 1. The van der Waals surface area contributed by atoms with Crippen LogP contribution in [-0.4, -0.2) is 104 Å². The van der Waals surface area contributed by atoms with Gasteiger partial charge in [0.25, 0.3) is 22.6 Å². The van der Waals surface area contributed by atoms with E-state index >= 15 is 0 Å². The van der Waals surface area contributed by atoms with Gasteiger partial charge in [-0.05, 0) is 293 Å². The molecule has 0 aliphatic carbocycles. The van der Waals surface area contributed by atoms with Crippen LogP contribution in [0.5, 0.6) is 0 Å². The molecule has 8 atom stereocenters. The van der Waals surface area contributed by atoms with Crippen molar-refractivity contribution in [2.45, 2.75) is 252 Å². The molecule has 1 aliphatic heterocycles. The molecule has 1 unspecified atom stereocenters. The van der Waals surface area contributed by atoms with Crippen LogP contribution in [0.15, 0.2) is 246 Å². The molecular formula is C118H138FN11O13. The van der Waals surface area contributed by atoms with Gasteiger partial charge in [0.05, 0.1) is 30.6 Å². The largest absolute Gasteiger partial charge is 0.481 e. The Hall–Kier alpha value is -14.6. The molecule has 750 valence electrons. The smallest absolute Gasteiger partial charge is 0.305 e. The van der Waals surface area contributed by atoms with Crippen molar-refractivity contribution in [1.82, 2.24) is 54.8 Å². The highest BCUT2D eigenvalue weighted by Crippen LogP contribution is 2.37. The van der Waals surface area contributed by atoms with E-state index < -0.39 is 71.6 Å². The number of benzene rings is 6. The van der Waals surface area contributed by atoms with Crippen LogP contribution in [0.3, 0.4) is 0 Å². The van der Waals surface area contributed by atoms with E-state index in [9.17, 15) is 67.0 Å². The fraction of sp³-hybridized carbons (Fsp3) is 0.364. The number of carbonyl (C=O) groups excluding carboxylic acids is 8. The van der Waals surface area contributed by atoms with E-state index in [1.165, 1.54) is 49.1 Å². The molecule has 6 aromatic heterocycles. The first-order valence-electron chi connectivity index (χ1n) is 49.1. The summed E-state index contributed by atoms with van der Waals surface area (Å²) in [4.78, 5) is 169. The van der Waals surface area contributed by atoms with Crippen molar-refractivity contribution in [3.8, 4) is 44.5 Å². The first-order chi connectivity index (χ1) is 67.9. The molecule has 5 N–H and O–H groups in total. The summed E-state index contributed by atoms with van der Waals surface area (Å²) in [6.07, 6.45) is 17.3. The van der Waals surface area contributed by atoms with E-state index in [0.717, 1.165) is 134 Å². The molecule has 12 aromatic rings. The Kier molecular flexibility index (Phi) is 39.5. The summed E-state index contributed by atoms with van der Waals surface area (Å²) in [5.74, 6) is -2.61. The molecule has 5 amide bonds. The first kappa shape index (κ1) is 110. The van der Waals surface area contributed by atoms with Crippen LogP contribution >= 0.6 is 0 Å². The third kappa shape index (κ3) is 30.2. The van der Waals surface area contributed by atoms with Crippen LogP contribution < -0.4 is 37.9 Å². The molecule has 143 heavy (non-hydrogen) atoms. The van der Waals surface area contributed by atoms with Gasteiger partial charge in [-0.15, -0.1) is 0 Å². The fourth-order valence-corrected chi connectivity index (χ4v) is 18.6. The maximum atomic E-state index is 14.3. The number of aliphatic carboxylic acids is 1. The van der Waals surface area contributed by atoms with Crippen LogP contribution in [0.1, 0.15) is 264 Å². The number of nitrogens with one attached hydrogen (secondary N) is 4. The van der Waals surface area contributed by atoms with Crippen molar-refractivity contribution in [2.24, 2.45) is 23.7 Å². The van der Waals surface area contributed by atoms with E-state index in [0.29, 0.717) is 43.4 Å². The van der Waals surface area contributed by atoms with E-state index in [-0.39, 0.29) is 113 Å². The normalized spacial score (nSPS) is 13.4. The Labute approximate surface area is 839 Å². The fourth-order valence-electron chi connectivity index (χ4n) is 18.6. The molecule has 6 aromatic carbocycles. The number of carboxylic acids is 1. The van der Waals surface area contributed by atoms with Gasteiger partial charge in [0.1, 0.15) is 47.3 Å². The van der Waals surface area contributed by atoms with E-state index in [4.69, 9.17) is 0 Å². The second-order valence-corrected chi connectivity index (χ2v) is 39.7. The number of aromatic nitrogens is 6. The quantitative estimate of drug-likeness (QED) is 0.0244. The van der Waals surface area contributed by atoms with E-state index in [1.807, 2.05) is 205 Å². The van der Waals surface area contributed by atoms with Gasteiger partial charge < -0.3 is 45.0 Å². The molecule has 1 aliphatic rings. The number of hydrogen-bond acceptors (Lipinski definition) is 15. The van der Waals surface area contributed by atoms with Gasteiger partial charge in [-0.2, -0.15) is 0 Å². The molecule has 24 nitrogen and oxygen atoms in total. The number of nitrogens with zero attached hydrogens (tertiary/aromatic N) is 7. The minimum Gasteiger partial charge on any atom is -0.481 e. The Bertz CT molecular complexity index is 6520. The number of carboxylic acid groups (broad SMARTS) is 1. The summed E-state index contributed by atoms with van der Waals surface area (Å²) < 4.78 is 18.4. The molecular weight excluding hydrogens is 1800 g/mol. The third-order valence-corrected chi connectivity index (χ3v) is 25.8. The summed E-state index contributed by atoms with van der Waals surface area (Å²) in [7, 11) is 0. The lowest BCUT2D eigenvalue weighted by atomic mass is 9.93. The Balaban J connectivity index is 0.000000196. The maximum Gasteiger partial charge on any atom is 0.305 e. The summed E-state index contributed by atoms with van der Waals surface area (Å²) in [6, 6.07) is 49.9. The molecule has 0 fully saturated rings. The van der Waals surface area contributed by atoms with Crippen LogP contribution in [0, 0.1) is 98.7 Å². The molecule has 25 heteroatoms. The van der Waals surface area contributed by atoms with Gasteiger partial charge >= 0.3 is 5.97 Å². The van der Waals surface area contributed by atoms with Crippen LogP contribution in [0.2, 0.25) is 0 Å². The van der Waals surface area contributed by atoms with Crippen molar-refractivity contribution < 1.29 is 52.6 Å². The standard InChI is InChI=1S/C32H37N3O3.C30H37N3O3.C28H32FN3O4.C28H32N2O3/c1-20(2)15-29(35-14-13-24-11-6-7-12-27(24)32(35)38)31(37)34-28(16-23(5)36)25-17-26(19-33-18-25)30-21(3)9-8-10-22(30)4;1-18(2)11-27(33-17-22(6)21(5)12-28(33)35)30(36)32-26(13-23(7)34)24-14-25(16-31-15-24)29-19(3)9-8-10-20(29)4;1-16(2)9-24(32-15-22(29)19(5)10-25(32)33)28(36)31-23(12-26(34)35)20-11-21(14-30-13-20)27-17(3)7-6-8-18(27)4;1-19(2)16-26(30-15-8-7-14-27(30)32)28(33)29-25(17-21(4)31)23-12-9-11-22(18-23)24-13-6-5-10-20(24)3/h6-12,17-20,28-29H,13-16H2,1-5H3,(H,34,37);8-10,12,14-18,26-27H,11,13H2,1-7H3,(H,32,36);6-8,10-11,13-16,23-24H,9,12H2,1-5H3,(H,31,36)(H,34,35);5-15,18-19,25-26H,16-17H2,1-4H3,(H,29,33)/t28-,29?;26-,27-;23-,24-;25-,26-/m0000/s1. The third-order valence-electron chi connectivity index (χ3n) is 25.8. The molecule has 0 bridgehead atoms. The highest BCUT2D eigenvalue weighted by molar-refractivity contribution is 6.00. The number of fused-ring (bicyclic) bond motifs is 1. The summed E-state index contributed by atoms with van der Waals surface area (Å²) in [6.45, 7) is 40.6. The lowest BCUT2D eigenvalue weighted by Crippen LogP contribution is -2.53. The van der Waals surface area contributed by atoms with Crippen molar-refractivity contribution in [3.63, 3.8) is 0 Å². The van der Waals surface area contributed by atoms with Crippen molar-refractivity contribution in [1.29, 1.82) is 0 Å². The Morgan fingerprint density at radius 1 is 0.343 bits per heavy atom. The molecule has 13 rings (SSSR count). The second kappa shape index (κ2) is 51.2. The van der Waals surface area contributed by atoms with E-state index in [2.05, 4.69) is 107 Å². The minimum atomic E-state index is -1.10. The van der Waals surface area contributed by atoms with Crippen LogP contribution in [-0.2, 0) is 44.8 Å². The number of Topliss-reactive ketones (excluding diaryl/α,β-unsaturated/α-hetero) is 3. The first-order valence-corrected chi connectivity index (χ1v) is 49.1. The van der Waals surface area contributed by atoms with Crippen molar-refractivity contribution in [2.75, 3.05) is 6.54 Å². The van der Waals surface area contributed by atoms with Crippen LogP contribution in [0.4, 0.5) is 4.39 Å². The van der Waals surface area contributed by atoms with Gasteiger partial charge in [0.2, 0.25) is 23.6 Å². The second-order valence-electron chi connectivity index (χ2n) is 39.7. The van der Waals surface area contributed by atoms with Gasteiger partial charge in [0.15, 0.2) is 0 Å². The molecule has 7 heterocycles. The summed E-state index contributed by atoms with van der Waals surface area (Å²) in [5.41, 5.74) is 21.5. The van der Waals surface area contributed by atoms with Crippen LogP contribution in [0.25, 0.3) is 44.5 Å². The predicted octanol–water partition coefficient (Wildman–Crippen LogP) is 21.3. The highest BCUT2D eigenvalue weighted by atomic mass is 19.1. The zero-order chi connectivity index (χ0) is 104. The molecule has 0 saturated heterocycles. The maximum absolute atomic E-state index is 14.3. The number of hydrogen-bond donors (Lipinski definition) is 5. The zero-order valence-corrected chi connectivity index (χ0v) is 86.3. The Morgan fingerprint density at radius 2 is 0.692 bits per heavy atom. The predicted molar refractivity (Wildman–Crippen MR) is 562 cm³/mol. The van der Waals surface area contributed by atoms with E-state index in [1.54, 1.807) is 54.1 Å². The molecule has 0 spiro atoms. The van der Waals surface area contributed by atoms with Crippen molar-refractivity contribution >= 4 is 52.9 Å². The number of carbonyl (C=O) groups is 9. The van der Waals surface area contributed by atoms with Gasteiger partial charge in [0, 0.05) is 122 Å². The molecule has 0 saturated carbocycles.